The molecule has 28 heavy (non-hydrogen) atoms. The third-order valence-electron chi connectivity index (χ3n) is 3.91. The third kappa shape index (κ3) is 7.19. The van der Waals surface area contributed by atoms with E-state index in [2.05, 4.69) is 31.4 Å². The number of hydrogen-bond acceptors (Lipinski definition) is 4. The lowest BCUT2D eigenvalue weighted by atomic mass is 10.2. The summed E-state index contributed by atoms with van der Waals surface area (Å²) >= 11 is 5.27. The Morgan fingerprint density at radius 3 is 2.50 bits per heavy atom. The summed E-state index contributed by atoms with van der Waals surface area (Å²) in [6.45, 7) is 8.83. The van der Waals surface area contributed by atoms with E-state index in [-0.39, 0.29) is 17.1 Å². The minimum absolute atomic E-state index is 0.132. The Labute approximate surface area is 172 Å². The molecule has 2 N–H and O–H groups in total. The number of thiocarbonyl (C=S) groups is 1. The first-order chi connectivity index (χ1) is 13.4. The molecule has 0 radical (unpaired) electrons. The number of amides is 1. The van der Waals surface area contributed by atoms with Crippen molar-refractivity contribution < 1.29 is 14.3 Å². The van der Waals surface area contributed by atoms with Crippen molar-refractivity contribution in [3.05, 3.63) is 54.1 Å². The molecule has 1 unspecified atom stereocenters. The van der Waals surface area contributed by atoms with E-state index in [9.17, 15) is 4.79 Å². The van der Waals surface area contributed by atoms with Gasteiger partial charge in [0, 0.05) is 17.3 Å². The summed E-state index contributed by atoms with van der Waals surface area (Å²) in [6.07, 6.45) is 1.05. The van der Waals surface area contributed by atoms with Gasteiger partial charge in [-0.3, -0.25) is 10.1 Å². The smallest absolute Gasteiger partial charge is 0.257 e. The van der Waals surface area contributed by atoms with Crippen LogP contribution < -0.4 is 20.1 Å². The number of carbonyl (C=O) groups excluding carboxylic acids is 1. The zero-order valence-corrected chi connectivity index (χ0v) is 17.6. The van der Waals surface area contributed by atoms with Crippen molar-refractivity contribution in [1.29, 1.82) is 0 Å². The maximum atomic E-state index is 12.5. The van der Waals surface area contributed by atoms with Gasteiger partial charge in [-0.15, -0.1) is 0 Å². The van der Waals surface area contributed by atoms with Crippen LogP contribution in [0.15, 0.2) is 48.5 Å². The van der Waals surface area contributed by atoms with E-state index >= 15 is 0 Å². The second-order valence-electron chi connectivity index (χ2n) is 7.01. The molecule has 0 saturated heterocycles. The predicted octanol–water partition coefficient (Wildman–Crippen LogP) is 5.03. The molecule has 1 atom stereocenters. The van der Waals surface area contributed by atoms with Crippen molar-refractivity contribution >= 4 is 28.9 Å². The van der Waals surface area contributed by atoms with Crippen LogP contribution in [0.5, 0.6) is 11.5 Å². The Bertz CT molecular complexity index is 808. The molecule has 2 aromatic carbocycles. The Morgan fingerprint density at radius 1 is 1.07 bits per heavy atom. The van der Waals surface area contributed by atoms with Gasteiger partial charge in [0.2, 0.25) is 0 Å². The topological polar surface area (TPSA) is 59.6 Å². The van der Waals surface area contributed by atoms with E-state index < -0.39 is 0 Å². The van der Waals surface area contributed by atoms with Gasteiger partial charge < -0.3 is 14.8 Å². The largest absolute Gasteiger partial charge is 0.493 e. The molecule has 150 valence electrons. The summed E-state index contributed by atoms with van der Waals surface area (Å²) in [5, 5.41) is 5.93. The number of carbonyl (C=O) groups is 1. The van der Waals surface area contributed by atoms with Crippen LogP contribution in [-0.4, -0.2) is 23.7 Å². The first kappa shape index (κ1) is 21.7. The van der Waals surface area contributed by atoms with Gasteiger partial charge in [0.05, 0.1) is 12.7 Å². The molecule has 0 saturated carbocycles. The molecule has 0 aliphatic heterocycles. The Hall–Kier alpha value is -2.60. The van der Waals surface area contributed by atoms with Crippen molar-refractivity contribution in [2.24, 2.45) is 5.92 Å². The molecule has 1 amide bonds. The predicted molar refractivity (Wildman–Crippen MR) is 117 cm³/mol. The normalized spacial score (nSPS) is 11.6. The lowest BCUT2D eigenvalue weighted by Crippen LogP contribution is -2.34. The van der Waals surface area contributed by atoms with Gasteiger partial charge in [-0.2, -0.15) is 0 Å². The molecule has 0 spiro atoms. The number of rotatable bonds is 8. The molecule has 0 aromatic heterocycles. The van der Waals surface area contributed by atoms with Gasteiger partial charge in [-0.05, 0) is 61.8 Å². The van der Waals surface area contributed by atoms with Crippen LogP contribution in [0.2, 0.25) is 0 Å². The average molecular weight is 401 g/mol. The lowest BCUT2D eigenvalue weighted by molar-refractivity contribution is 0.0977. The molecule has 0 aliphatic rings. The van der Waals surface area contributed by atoms with Gasteiger partial charge >= 0.3 is 0 Å². The minimum Gasteiger partial charge on any atom is -0.493 e. The minimum atomic E-state index is -0.292. The van der Waals surface area contributed by atoms with Crippen LogP contribution in [0.25, 0.3) is 0 Å². The van der Waals surface area contributed by atoms with Crippen molar-refractivity contribution in [1.82, 2.24) is 5.32 Å². The standard InChI is InChI=1S/C22H28N2O3S/c1-5-16(4)27-20-11-7-9-18(13-20)23-22(28)24-21(25)17-8-6-10-19(12-17)26-14-15(2)3/h6-13,15-16H,5,14H2,1-4H3,(H2,23,24,25,28). The average Bonchev–Trinajstić information content (AvgIpc) is 2.66. The van der Waals surface area contributed by atoms with Crippen molar-refractivity contribution in [3.8, 4) is 11.5 Å². The zero-order chi connectivity index (χ0) is 20.5. The summed E-state index contributed by atoms with van der Waals surface area (Å²) in [5.74, 6) is 1.53. The van der Waals surface area contributed by atoms with Crippen molar-refractivity contribution in [2.75, 3.05) is 11.9 Å². The maximum absolute atomic E-state index is 12.5. The van der Waals surface area contributed by atoms with E-state index in [1.54, 1.807) is 18.2 Å². The monoisotopic (exact) mass is 400 g/mol. The molecule has 0 fully saturated rings. The van der Waals surface area contributed by atoms with Crippen LogP contribution >= 0.6 is 12.2 Å². The summed E-state index contributed by atoms with van der Waals surface area (Å²) in [5.41, 5.74) is 1.24. The number of benzene rings is 2. The summed E-state index contributed by atoms with van der Waals surface area (Å²) in [7, 11) is 0. The summed E-state index contributed by atoms with van der Waals surface area (Å²) in [4.78, 5) is 12.5. The van der Waals surface area contributed by atoms with E-state index in [1.165, 1.54) is 0 Å². The van der Waals surface area contributed by atoms with Crippen LogP contribution in [0, 0.1) is 5.92 Å². The second kappa shape index (κ2) is 10.7. The number of hydrogen-bond donors (Lipinski definition) is 2. The van der Waals surface area contributed by atoms with Gasteiger partial charge in [0.1, 0.15) is 11.5 Å². The first-order valence-corrected chi connectivity index (χ1v) is 9.90. The Morgan fingerprint density at radius 2 is 1.79 bits per heavy atom. The van der Waals surface area contributed by atoms with E-state index in [1.807, 2.05) is 37.3 Å². The fourth-order valence-electron chi connectivity index (χ4n) is 2.29. The second-order valence-corrected chi connectivity index (χ2v) is 7.41. The van der Waals surface area contributed by atoms with E-state index in [4.69, 9.17) is 21.7 Å². The highest BCUT2D eigenvalue weighted by Crippen LogP contribution is 2.19. The van der Waals surface area contributed by atoms with Crippen molar-refractivity contribution in [3.63, 3.8) is 0 Å². The highest BCUT2D eigenvalue weighted by atomic mass is 32.1. The molecular weight excluding hydrogens is 372 g/mol. The highest BCUT2D eigenvalue weighted by molar-refractivity contribution is 7.80. The summed E-state index contributed by atoms with van der Waals surface area (Å²) < 4.78 is 11.5. The van der Waals surface area contributed by atoms with E-state index in [0.29, 0.717) is 23.8 Å². The van der Waals surface area contributed by atoms with Gasteiger partial charge in [-0.1, -0.05) is 32.9 Å². The SMILES string of the molecule is CCC(C)Oc1cccc(NC(=S)NC(=O)c2cccc(OCC(C)C)c2)c1. The fourth-order valence-corrected chi connectivity index (χ4v) is 2.50. The molecule has 0 bridgehead atoms. The molecule has 6 heteroatoms. The summed E-state index contributed by atoms with van der Waals surface area (Å²) in [6, 6.07) is 14.5. The molecule has 5 nitrogen and oxygen atoms in total. The Balaban J connectivity index is 1.95. The molecule has 2 aromatic rings. The maximum Gasteiger partial charge on any atom is 0.257 e. The molecule has 2 rings (SSSR count). The lowest BCUT2D eigenvalue weighted by Gasteiger charge is -2.14. The number of anilines is 1. The molecule has 0 aliphatic carbocycles. The number of nitrogens with one attached hydrogen (secondary N) is 2. The third-order valence-corrected chi connectivity index (χ3v) is 4.11. The highest BCUT2D eigenvalue weighted by Gasteiger charge is 2.10. The zero-order valence-electron chi connectivity index (χ0n) is 16.8. The van der Waals surface area contributed by atoms with Crippen LogP contribution in [0.4, 0.5) is 5.69 Å². The van der Waals surface area contributed by atoms with E-state index in [0.717, 1.165) is 17.9 Å². The van der Waals surface area contributed by atoms with Crippen LogP contribution in [0.1, 0.15) is 44.5 Å². The molecular formula is C22H28N2O3S. The number of ether oxygens (including phenoxy) is 2. The first-order valence-electron chi connectivity index (χ1n) is 9.49. The Kier molecular flexibility index (Phi) is 8.26. The van der Waals surface area contributed by atoms with Crippen molar-refractivity contribution in [2.45, 2.75) is 40.2 Å². The fraction of sp³-hybridized carbons (Fsp3) is 0.364. The molecule has 0 heterocycles. The van der Waals surface area contributed by atoms with Gasteiger partial charge in [0.15, 0.2) is 5.11 Å². The van der Waals surface area contributed by atoms with Gasteiger partial charge in [-0.25, -0.2) is 0 Å². The van der Waals surface area contributed by atoms with Gasteiger partial charge in [0.25, 0.3) is 5.91 Å². The van der Waals surface area contributed by atoms with Crippen LogP contribution in [0.3, 0.4) is 0 Å². The van der Waals surface area contributed by atoms with Crippen LogP contribution in [-0.2, 0) is 0 Å². The quantitative estimate of drug-likeness (QED) is 0.609.